The number of hydrogen-bond donors (Lipinski definition) is 1. The van der Waals surface area contributed by atoms with Crippen LogP contribution < -0.4 is 14.8 Å². The molecule has 2 aromatic carbocycles. The number of benzene rings is 2. The predicted molar refractivity (Wildman–Crippen MR) is 104 cm³/mol. The number of carbonyl (C=O) groups is 2. The van der Waals surface area contributed by atoms with Gasteiger partial charge in [0.2, 0.25) is 0 Å². The summed E-state index contributed by atoms with van der Waals surface area (Å²) >= 11 is 0. The molecule has 6 heteroatoms. The molecule has 0 spiro atoms. The van der Waals surface area contributed by atoms with Crippen molar-refractivity contribution >= 4 is 17.6 Å². The number of carbonyl (C=O) groups excluding carboxylic acids is 2. The molecule has 27 heavy (non-hydrogen) atoms. The first-order valence-electron chi connectivity index (χ1n) is 8.54. The molecule has 0 aliphatic rings. The van der Waals surface area contributed by atoms with Crippen LogP contribution in [0.25, 0.3) is 0 Å². The SMILES string of the molecule is COC(=O)c1ccc(OCC(=O)Nc2ccc(C(C)(C)C)cc2)c(OC)c1. The van der Waals surface area contributed by atoms with Crippen LogP contribution in [0.4, 0.5) is 5.69 Å². The third-order valence-corrected chi connectivity index (χ3v) is 3.98. The molecule has 0 saturated heterocycles. The summed E-state index contributed by atoms with van der Waals surface area (Å²) in [6, 6.07) is 12.3. The second-order valence-corrected chi connectivity index (χ2v) is 7.02. The lowest BCUT2D eigenvalue weighted by Gasteiger charge is -2.19. The first-order valence-corrected chi connectivity index (χ1v) is 8.54. The van der Waals surface area contributed by atoms with Crippen molar-refractivity contribution in [3.05, 3.63) is 53.6 Å². The fourth-order valence-electron chi connectivity index (χ4n) is 2.43. The van der Waals surface area contributed by atoms with E-state index in [0.29, 0.717) is 22.7 Å². The van der Waals surface area contributed by atoms with E-state index >= 15 is 0 Å². The van der Waals surface area contributed by atoms with E-state index in [0.717, 1.165) is 0 Å². The fourth-order valence-corrected chi connectivity index (χ4v) is 2.43. The van der Waals surface area contributed by atoms with E-state index in [1.165, 1.54) is 25.8 Å². The Labute approximate surface area is 159 Å². The highest BCUT2D eigenvalue weighted by molar-refractivity contribution is 5.92. The van der Waals surface area contributed by atoms with Crippen LogP contribution in [0, 0.1) is 0 Å². The van der Waals surface area contributed by atoms with Gasteiger partial charge in [0.15, 0.2) is 18.1 Å². The van der Waals surface area contributed by atoms with Gasteiger partial charge in [-0.1, -0.05) is 32.9 Å². The molecular formula is C21H25NO5. The van der Waals surface area contributed by atoms with Crippen molar-refractivity contribution in [2.45, 2.75) is 26.2 Å². The van der Waals surface area contributed by atoms with Crippen LogP contribution in [0.3, 0.4) is 0 Å². The summed E-state index contributed by atoms with van der Waals surface area (Å²) in [4.78, 5) is 23.7. The Balaban J connectivity index is 1.98. The summed E-state index contributed by atoms with van der Waals surface area (Å²) in [6.45, 7) is 6.21. The number of esters is 1. The van der Waals surface area contributed by atoms with Crippen LogP contribution in [-0.2, 0) is 14.9 Å². The molecule has 0 radical (unpaired) electrons. The maximum atomic E-state index is 12.1. The fraction of sp³-hybridized carbons (Fsp3) is 0.333. The van der Waals surface area contributed by atoms with Gasteiger partial charge in [0.1, 0.15) is 0 Å². The van der Waals surface area contributed by atoms with Crippen LogP contribution in [0.1, 0.15) is 36.7 Å². The third kappa shape index (κ3) is 5.48. The Bertz CT molecular complexity index is 806. The van der Waals surface area contributed by atoms with E-state index in [1.54, 1.807) is 12.1 Å². The van der Waals surface area contributed by atoms with E-state index in [4.69, 9.17) is 9.47 Å². The quantitative estimate of drug-likeness (QED) is 0.782. The van der Waals surface area contributed by atoms with Gasteiger partial charge in [-0.25, -0.2) is 4.79 Å². The third-order valence-electron chi connectivity index (χ3n) is 3.98. The zero-order valence-corrected chi connectivity index (χ0v) is 16.3. The van der Waals surface area contributed by atoms with Gasteiger partial charge in [0, 0.05) is 5.69 Å². The zero-order chi connectivity index (χ0) is 20.0. The molecular weight excluding hydrogens is 346 g/mol. The summed E-state index contributed by atoms with van der Waals surface area (Å²) in [5, 5.41) is 2.79. The number of ether oxygens (including phenoxy) is 3. The highest BCUT2D eigenvalue weighted by Gasteiger charge is 2.14. The van der Waals surface area contributed by atoms with E-state index in [1.807, 2.05) is 24.3 Å². The molecule has 0 saturated carbocycles. The number of nitrogens with one attached hydrogen (secondary N) is 1. The topological polar surface area (TPSA) is 73.9 Å². The molecule has 0 unspecified atom stereocenters. The second kappa shape index (κ2) is 8.58. The Morgan fingerprint density at radius 3 is 2.19 bits per heavy atom. The first-order chi connectivity index (χ1) is 12.7. The minimum absolute atomic E-state index is 0.0541. The van der Waals surface area contributed by atoms with Crippen LogP contribution in [0.2, 0.25) is 0 Å². The largest absolute Gasteiger partial charge is 0.493 e. The Kier molecular flexibility index (Phi) is 6.45. The van der Waals surface area contributed by atoms with Gasteiger partial charge in [0.25, 0.3) is 5.91 Å². The first kappa shape index (κ1) is 20.3. The van der Waals surface area contributed by atoms with Crippen LogP contribution >= 0.6 is 0 Å². The molecule has 1 N–H and O–H groups in total. The van der Waals surface area contributed by atoms with Gasteiger partial charge in [-0.05, 0) is 41.3 Å². The minimum atomic E-state index is -0.476. The number of methoxy groups -OCH3 is 2. The van der Waals surface area contributed by atoms with Crippen molar-refractivity contribution in [1.29, 1.82) is 0 Å². The predicted octanol–water partition coefficient (Wildman–Crippen LogP) is 3.80. The van der Waals surface area contributed by atoms with Crippen molar-refractivity contribution in [3.8, 4) is 11.5 Å². The van der Waals surface area contributed by atoms with Gasteiger partial charge in [0.05, 0.1) is 19.8 Å². The monoisotopic (exact) mass is 371 g/mol. The van der Waals surface area contributed by atoms with Crippen molar-refractivity contribution in [3.63, 3.8) is 0 Å². The van der Waals surface area contributed by atoms with Crippen LogP contribution in [0.15, 0.2) is 42.5 Å². The molecule has 1 amide bonds. The van der Waals surface area contributed by atoms with E-state index < -0.39 is 5.97 Å². The normalized spacial score (nSPS) is 10.9. The van der Waals surface area contributed by atoms with Crippen molar-refractivity contribution in [1.82, 2.24) is 0 Å². The maximum absolute atomic E-state index is 12.1. The zero-order valence-electron chi connectivity index (χ0n) is 16.3. The lowest BCUT2D eigenvalue weighted by Crippen LogP contribution is -2.20. The molecule has 0 fully saturated rings. The summed E-state index contributed by atoms with van der Waals surface area (Å²) in [6.07, 6.45) is 0. The molecule has 144 valence electrons. The van der Waals surface area contributed by atoms with Gasteiger partial charge in [-0.3, -0.25) is 4.79 Å². The minimum Gasteiger partial charge on any atom is -0.493 e. The highest BCUT2D eigenvalue weighted by atomic mass is 16.5. The van der Waals surface area contributed by atoms with Crippen molar-refractivity contribution in [2.24, 2.45) is 0 Å². The molecule has 0 atom stereocenters. The summed E-state index contributed by atoms with van der Waals surface area (Å²) in [7, 11) is 2.76. The number of amides is 1. The average molecular weight is 371 g/mol. The second-order valence-electron chi connectivity index (χ2n) is 7.02. The van der Waals surface area contributed by atoms with E-state index in [9.17, 15) is 9.59 Å². The standard InChI is InChI=1S/C21H25NO5/c1-21(2,3)15-7-9-16(10-8-15)22-19(23)13-27-17-11-6-14(20(24)26-5)12-18(17)25-4/h6-12H,13H2,1-5H3,(H,22,23). The molecule has 0 aliphatic carbocycles. The Morgan fingerprint density at radius 2 is 1.63 bits per heavy atom. The summed E-state index contributed by atoms with van der Waals surface area (Å²) in [5.41, 5.74) is 2.28. The lowest BCUT2D eigenvalue weighted by molar-refractivity contribution is -0.118. The molecule has 0 heterocycles. The van der Waals surface area contributed by atoms with Crippen molar-refractivity contribution in [2.75, 3.05) is 26.1 Å². The molecule has 0 aromatic heterocycles. The average Bonchev–Trinajstić information content (AvgIpc) is 2.65. The van der Waals surface area contributed by atoms with Crippen LogP contribution in [0.5, 0.6) is 11.5 Å². The van der Waals surface area contributed by atoms with Crippen molar-refractivity contribution < 1.29 is 23.8 Å². The van der Waals surface area contributed by atoms with E-state index in [-0.39, 0.29) is 17.9 Å². The summed E-state index contributed by atoms with van der Waals surface area (Å²) < 4.78 is 15.4. The van der Waals surface area contributed by atoms with Gasteiger partial charge >= 0.3 is 5.97 Å². The molecule has 0 aliphatic heterocycles. The Morgan fingerprint density at radius 1 is 0.963 bits per heavy atom. The molecule has 2 rings (SSSR count). The van der Waals surface area contributed by atoms with Gasteiger partial charge in [-0.2, -0.15) is 0 Å². The van der Waals surface area contributed by atoms with Gasteiger partial charge in [-0.15, -0.1) is 0 Å². The molecule has 0 bridgehead atoms. The highest BCUT2D eigenvalue weighted by Crippen LogP contribution is 2.28. The lowest BCUT2D eigenvalue weighted by atomic mass is 9.87. The summed E-state index contributed by atoms with van der Waals surface area (Å²) in [5.74, 6) is -0.0579. The number of hydrogen-bond acceptors (Lipinski definition) is 5. The maximum Gasteiger partial charge on any atom is 0.337 e. The molecule has 6 nitrogen and oxygen atoms in total. The van der Waals surface area contributed by atoms with Gasteiger partial charge < -0.3 is 19.5 Å². The van der Waals surface area contributed by atoms with E-state index in [2.05, 4.69) is 30.8 Å². The Hall–Kier alpha value is -3.02. The number of rotatable bonds is 6. The van der Waals surface area contributed by atoms with Crippen LogP contribution in [-0.4, -0.2) is 32.7 Å². The smallest absolute Gasteiger partial charge is 0.337 e. The molecule has 2 aromatic rings. The number of anilines is 1.